The summed E-state index contributed by atoms with van der Waals surface area (Å²) in [6.07, 6.45) is 2.75. The molecule has 0 saturated heterocycles. The molecule has 2 rings (SSSR count). The Morgan fingerprint density at radius 1 is 1.43 bits per heavy atom. The molecule has 2 unspecified atom stereocenters. The Hall–Kier alpha value is -0.340. The zero-order valence-electron chi connectivity index (χ0n) is 9.21. The van der Waals surface area contributed by atoms with Crippen LogP contribution in [-0.4, -0.2) is 12.1 Å². The summed E-state index contributed by atoms with van der Waals surface area (Å²) in [5, 5.41) is 5.87. The fourth-order valence-electron chi connectivity index (χ4n) is 1.90. The highest BCUT2D eigenvalue weighted by molar-refractivity contribution is 7.10. The molecule has 2 heteroatoms. The summed E-state index contributed by atoms with van der Waals surface area (Å²) in [4.78, 5) is 1.47. The fourth-order valence-corrected chi connectivity index (χ4v) is 2.71. The van der Waals surface area contributed by atoms with Gasteiger partial charge in [0.2, 0.25) is 0 Å². The molecular formula is C12H19NS. The number of hydrogen-bond donors (Lipinski definition) is 1. The van der Waals surface area contributed by atoms with E-state index in [2.05, 4.69) is 37.5 Å². The second-order valence-electron chi connectivity index (χ2n) is 4.45. The number of hydrogen-bond acceptors (Lipinski definition) is 2. The predicted octanol–water partition coefficient (Wildman–Crippen LogP) is 3.30. The average molecular weight is 209 g/mol. The van der Waals surface area contributed by atoms with E-state index in [1.54, 1.807) is 0 Å². The summed E-state index contributed by atoms with van der Waals surface area (Å²) in [5.41, 5.74) is 1.52. The quantitative estimate of drug-likeness (QED) is 0.802. The molecule has 1 nitrogen and oxygen atoms in total. The molecule has 1 N–H and O–H groups in total. The van der Waals surface area contributed by atoms with Crippen LogP contribution in [0.5, 0.6) is 0 Å². The van der Waals surface area contributed by atoms with Gasteiger partial charge in [0.25, 0.3) is 0 Å². The Balaban J connectivity index is 1.99. The number of nitrogens with one attached hydrogen (secondary N) is 1. The van der Waals surface area contributed by atoms with E-state index in [4.69, 9.17) is 0 Å². The first-order chi connectivity index (χ1) is 6.68. The van der Waals surface area contributed by atoms with Gasteiger partial charge < -0.3 is 5.32 Å². The number of aryl methyl sites for hydroxylation is 1. The molecule has 0 amide bonds. The molecule has 1 aliphatic carbocycles. The van der Waals surface area contributed by atoms with Gasteiger partial charge in [-0.3, -0.25) is 0 Å². The second-order valence-corrected chi connectivity index (χ2v) is 5.57. The molecule has 78 valence electrons. The molecule has 0 aromatic carbocycles. The lowest BCUT2D eigenvalue weighted by Gasteiger charge is -2.21. The van der Waals surface area contributed by atoms with E-state index in [1.807, 2.05) is 11.3 Å². The lowest BCUT2D eigenvalue weighted by atomic mass is 9.95. The van der Waals surface area contributed by atoms with Crippen molar-refractivity contribution in [2.75, 3.05) is 0 Å². The first-order valence-corrected chi connectivity index (χ1v) is 6.36. The molecule has 0 radical (unpaired) electrons. The normalized spacial score (nSPS) is 20.8. The lowest BCUT2D eigenvalue weighted by Crippen LogP contribution is -2.32. The van der Waals surface area contributed by atoms with Crippen molar-refractivity contribution in [2.24, 2.45) is 0 Å². The van der Waals surface area contributed by atoms with E-state index in [1.165, 1.54) is 23.3 Å². The van der Waals surface area contributed by atoms with Crippen molar-refractivity contribution in [2.45, 2.75) is 51.6 Å². The monoisotopic (exact) mass is 209 g/mol. The van der Waals surface area contributed by atoms with Crippen LogP contribution < -0.4 is 5.32 Å². The minimum Gasteiger partial charge on any atom is -0.311 e. The smallest absolute Gasteiger partial charge is 0.0108 e. The molecule has 0 aliphatic heterocycles. The topological polar surface area (TPSA) is 12.0 Å². The van der Waals surface area contributed by atoms with Crippen LogP contribution in [0.4, 0.5) is 0 Å². The summed E-state index contributed by atoms with van der Waals surface area (Å²) in [5.74, 6) is 0.641. The van der Waals surface area contributed by atoms with Crippen molar-refractivity contribution >= 4 is 11.3 Å². The molecule has 1 aromatic heterocycles. The van der Waals surface area contributed by atoms with E-state index in [9.17, 15) is 0 Å². The van der Waals surface area contributed by atoms with Gasteiger partial charge in [0.1, 0.15) is 0 Å². The van der Waals surface area contributed by atoms with Gasteiger partial charge in [-0.05, 0) is 49.6 Å². The van der Waals surface area contributed by atoms with Crippen molar-refractivity contribution in [1.29, 1.82) is 0 Å². The maximum Gasteiger partial charge on any atom is 0.0108 e. The van der Waals surface area contributed by atoms with Crippen molar-refractivity contribution in [3.8, 4) is 0 Å². The van der Waals surface area contributed by atoms with Crippen molar-refractivity contribution in [3.63, 3.8) is 0 Å². The number of rotatable bonds is 4. The summed E-state index contributed by atoms with van der Waals surface area (Å²) >= 11 is 1.86. The zero-order valence-corrected chi connectivity index (χ0v) is 10.0. The van der Waals surface area contributed by atoms with Gasteiger partial charge >= 0.3 is 0 Å². The van der Waals surface area contributed by atoms with Gasteiger partial charge in [0.05, 0.1) is 0 Å². The van der Waals surface area contributed by atoms with Crippen molar-refractivity contribution < 1.29 is 0 Å². The fraction of sp³-hybridized carbons (Fsp3) is 0.667. The minimum absolute atomic E-state index is 0.607. The Kier molecular flexibility index (Phi) is 2.93. The first-order valence-electron chi connectivity index (χ1n) is 5.48. The summed E-state index contributed by atoms with van der Waals surface area (Å²) in [6.45, 7) is 6.86. The Labute approximate surface area is 90.5 Å². The molecule has 1 heterocycles. The van der Waals surface area contributed by atoms with Crippen LogP contribution in [-0.2, 0) is 0 Å². The highest BCUT2D eigenvalue weighted by atomic mass is 32.1. The zero-order chi connectivity index (χ0) is 10.1. The molecule has 14 heavy (non-hydrogen) atoms. The Morgan fingerprint density at radius 3 is 2.64 bits per heavy atom. The average Bonchev–Trinajstić information content (AvgIpc) is 2.86. The molecule has 1 aromatic rings. The largest absolute Gasteiger partial charge is 0.311 e. The van der Waals surface area contributed by atoms with E-state index in [0.717, 1.165) is 6.04 Å². The molecule has 1 saturated carbocycles. The van der Waals surface area contributed by atoms with Gasteiger partial charge in [0.15, 0.2) is 0 Å². The summed E-state index contributed by atoms with van der Waals surface area (Å²) in [6, 6.07) is 3.69. The predicted molar refractivity (Wildman–Crippen MR) is 63.1 cm³/mol. The van der Waals surface area contributed by atoms with Crippen molar-refractivity contribution in [3.05, 3.63) is 21.9 Å². The molecule has 1 fully saturated rings. The highest BCUT2D eigenvalue weighted by Crippen LogP contribution is 2.28. The summed E-state index contributed by atoms with van der Waals surface area (Å²) < 4.78 is 0. The highest BCUT2D eigenvalue weighted by Gasteiger charge is 2.26. The van der Waals surface area contributed by atoms with Crippen LogP contribution in [0.3, 0.4) is 0 Å². The van der Waals surface area contributed by atoms with E-state index < -0.39 is 0 Å². The van der Waals surface area contributed by atoms with E-state index >= 15 is 0 Å². The van der Waals surface area contributed by atoms with Gasteiger partial charge in [-0.2, -0.15) is 0 Å². The lowest BCUT2D eigenvalue weighted by molar-refractivity contribution is 0.478. The van der Waals surface area contributed by atoms with Crippen LogP contribution in [0.15, 0.2) is 11.4 Å². The molecule has 0 spiro atoms. The third-order valence-electron chi connectivity index (χ3n) is 3.22. The van der Waals surface area contributed by atoms with Gasteiger partial charge in [-0.1, -0.05) is 6.92 Å². The molecule has 1 aliphatic rings. The van der Waals surface area contributed by atoms with Gasteiger partial charge in [-0.15, -0.1) is 11.3 Å². The Morgan fingerprint density at radius 2 is 2.14 bits per heavy atom. The summed E-state index contributed by atoms with van der Waals surface area (Å²) in [7, 11) is 0. The van der Waals surface area contributed by atoms with Crippen LogP contribution in [0.1, 0.15) is 43.0 Å². The van der Waals surface area contributed by atoms with E-state index in [0.29, 0.717) is 12.0 Å². The third-order valence-corrected chi connectivity index (χ3v) is 4.08. The Bertz CT molecular complexity index is 301. The van der Waals surface area contributed by atoms with Crippen molar-refractivity contribution in [1.82, 2.24) is 5.32 Å². The van der Waals surface area contributed by atoms with Gasteiger partial charge in [-0.25, -0.2) is 0 Å². The first kappa shape index (κ1) is 10.2. The van der Waals surface area contributed by atoms with Gasteiger partial charge in [0, 0.05) is 17.0 Å². The number of thiophene rings is 1. The molecule has 0 bridgehead atoms. The van der Waals surface area contributed by atoms with Crippen LogP contribution >= 0.6 is 11.3 Å². The van der Waals surface area contributed by atoms with Crippen LogP contribution in [0.25, 0.3) is 0 Å². The van der Waals surface area contributed by atoms with E-state index in [-0.39, 0.29) is 0 Å². The maximum atomic E-state index is 3.67. The van der Waals surface area contributed by atoms with Crippen LogP contribution in [0, 0.1) is 6.92 Å². The second kappa shape index (κ2) is 4.03. The van der Waals surface area contributed by atoms with Crippen LogP contribution in [0.2, 0.25) is 0 Å². The molecule has 2 atom stereocenters. The standard InChI is InChI=1S/C12H19NS/c1-8(9(2)13-11-4-5-11)12-6-7-14-10(12)3/h6-9,11,13H,4-5H2,1-3H3. The SMILES string of the molecule is Cc1sccc1C(C)C(C)NC1CC1. The third kappa shape index (κ3) is 2.18. The minimum atomic E-state index is 0.607. The molecular weight excluding hydrogens is 190 g/mol. The maximum absolute atomic E-state index is 3.67.